The zero-order valence-corrected chi connectivity index (χ0v) is 19.8. The third kappa shape index (κ3) is 4.80. The number of amides is 1. The summed E-state index contributed by atoms with van der Waals surface area (Å²) in [5.74, 6) is -0.147. The number of halogens is 3. The van der Waals surface area contributed by atoms with E-state index in [1.54, 1.807) is 6.07 Å². The average Bonchev–Trinajstić information content (AvgIpc) is 3.21. The molecule has 1 atom stereocenters. The lowest BCUT2D eigenvalue weighted by Crippen LogP contribution is -2.47. The molecule has 9 heteroatoms. The highest BCUT2D eigenvalue weighted by molar-refractivity contribution is 5.94. The molecule has 0 aliphatic carbocycles. The summed E-state index contributed by atoms with van der Waals surface area (Å²) >= 11 is 0. The maximum absolute atomic E-state index is 13.5. The van der Waals surface area contributed by atoms with Gasteiger partial charge >= 0.3 is 6.18 Å². The Morgan fingerprint density at radius 2 is 1.83 bits per heavy atom. The van der Waals surface area contributed by atoms with Gasteiger partial charge in [-0.3, -0.25) is 4.79 Å². The van der Waals surface area contributed by atoms with E-state index in [-0.39, 0.29) is 23.8 Å². The van der Waals surface area contributed by atoms with Crippen LogP contribution < -0.4 is 9.80 Å². The van der Waals surface area contributed by atoms with E-state index in [2.05, 4.69) is 0 Å². The van der Waals surface area contributed by atoms with Crippen molar-refractivity contribution in [2.75, 3.05) is 56.7 Å². The van der Waals surface area contributed by atoms with Crippen LogP contribution in [0.2, 0.25) is 0 Å². The number of nitriles is 1. The van der Waals surface area contributed by atoms with Gasteiger partial charge in [0.15, 0.2) is 0 Å². The molecule has 1 N–H and O–H groups in total. The molecule has 0 aromatic heterocycles. The first-order chi connectivity index (χ1) is 16.6. The van der Waals surface area contributed by atoms with Gasteiger partial charge < -0.3 is 19.8 Å². The summed E-state index contributed by atoms with van der Waals surface area (Å²) in [6.45, 7) is 1.92. The van der Waals surface area contributed by atoms with E-state index in [4.69, 9.17) is 5.26 Å². The molecule has 2 aliphatic rings. The summed E-state index contributed by atoms with van der Waals surface area (Å²) < 4.78 is 40.4. The van der Waals surface area contributed by atoms with Crippen molar-refractivity contribution in [2.24, 2.45) is 11.3 Å². The molecular formula is C26H29F3N4O2. The topological polar surface area (TPSA) is 70.8 Å². The molecule has 2 fully saturated rings. The van der Waals surface area contributed by atoms with Crippen molar-refractivity contribution in [3.63, 3.8) is 0 Å². The molecule has 1 spiro atoms. The first-order valence-electron chi connectivity index (χ1n) is 11.6. The number of aliphatic hydroxyl groups is 1. The van der Waals surface area contributed by atoms with Crippen LogP contribution in [0.4, 0.5) is 24.5 Å². The summed E-state index contributed by atoms with van der Waals surface area (Å²) in [5.41, 5.74) is 0.389. The number of carbonyl (C=O) groups is 1. The van der Waals surface area contributed by atoms with Gasteiger partial charge in [-0.2, -0.15) is 18.4 Å². The van der Waals surface area contributed by atoms with Crippen molar-refractivity contribution < 1.29 is 23.1 Å². The van der Waals surface area contributed by atoms with E-state index in [1.807, 2.05) is 53.1 Å². The van der Waals surface area contributed by atoms with E-state index in [1.165, 1.54) is 12.1 Å². The van der Waals surface area contributed by atoms with Crippen molar-refractivity contribution in [3.05, 3.63) is 59.2 Å². The quantitative estimate of drug-likeness (QED) is 0.708. The summed E-state index contributed by atoms with van der Waals surface area (Å²) in [5, 5.41) is 19.2. The second-order valence-corrected chi connectivity index (χ2v) is 9.70. The first kappa shape index (κ1) is 24.9. The average molecular weight is 487 g/mol. The Morgan fingerprint density at radius 1 is 1.17 bits per heavy atom. The minimum Gasteiger partial charge on any atom is -0.396 e. The van der Waals surface area contributed by atoms with Crippen molar-refractivity contribution in [1.82, 2.24) is 4.90 Å². The van der Waals surface area contributed by atoms with Crippen LogP contribution in [0.3, 0.4) is 0 Å². The zero-order valence-electron chi connectivity index (χ0n) is 19.8. The molecule has 2 heterocycles. The van der Waals surface area contributed by atoms with Crippen molar-refractivity contribution in [2.45, 2.75) is 19.0 Å². The number of alkyl halides is 3. The van der Waals surface area contributed by atoms with Gasteiger partial charge in [-0.05, 0) is 60.7 Å². The van der Waals surface area contributed by atoms with Gasteiger partial charge in [0.25, 0.3) is 5.91 Å². The van der Waals surface area contributed by atoms with E-state index in [0.29, 0.717) is 50.3 Å². The Hall–Kier alpha value is -3.25. The molecule has 0 saturated carbocycles. The second kappa shape index (κ2) is 9.42. The molecule has 0 radical (unpaired) electrons. The van der Waals surface area contributed by atoms with E-state index < -0.39 is 17.3 Å². The normalized spacial score (nSPS) is 19.6. The number of likely N-dealkylation sites (tertiary alicyclic amines) is 1. The molecule has 0 bridgehead atoms. The van der Waals surface area contributed by atoms with E-state index >= 15 is 0 Å². The standard InChI is InChI=1S/C26H29F3N4O2/c1-31(2)21-6-3-18(4-7-21)24(35)32-11-9-25(10-12-32)17-33(15-20(25)16-34)22-8-5-19(14-30)23(13-22)26(27,28)29/h3-8,13,20,34H,9-12,15-17H2,1-2H3. The van der Waals surface area contributed by atoms with Gasteiger partial charge in [0.05, 0.1) is 17.2 Å². The third-order valence-electron chi connectivity index (χ3n) is 7.50. The molecule has 4 rings (SSSR count). The van der Waals surface area contributed by atoms with Gasteiger partial charge in [-0.1, -0.05) is 0 Å². The number of nitrogens with zero attached hydrogens (tertiary/aromatic N) is 4. The predicted molar refractivity (Wildman–Crippen MR) is 127 cm³/mol. The van der Waals surface area contributed by atoms with E-state index in [9.17, 15) is 23.1 Å². The summed E-state index contributed by atoms with van der Waals surface area (Å²) in [6.07, 6.45) is -3.29. The maximum Gasteiger partial charge on any atom is 0.417 e. The van der Waals surface area contributed by atoms with Gasteiger partial charge in [0.2, 0.25) is 0 Å². The highest BCUT2D eigenvalue weighted by Gasteiger charge is 2.48. The third-order valence-corrected chi connectivity index (χ3v) is 7.50. The molecule has 6 nitrogen and oxygen atoms in total. The predicted octanol–water partition coefficient (Wildman–Crippen LogP) is 3.99. The summed E-state index contributed by atoms with van der Waals surface area (Å²) in [4.78, 5) is 18.7. The number of anilines is 2. The SMILES string of the molecule is CN(C)c1ccc(C(=O)N2CCC3(CC2)CN(c2ccc(C#N)c(C(F)(F)F)c2)CC3CO)cc1. The van der Waals surface area contributed by atoms with E-state index in [0.717, 1.165) is 11.8 Å². The largest absolute Gasteiger partial charge is 0.417 e. The summed E-state index contributed by atoms with van der Waals surface area (Å²) in [6, 6.07) is 12.8. The van der Waals surface area contributed by atoms with Crippen LogP contribution in [0.15, 0.2) is 42.5 Å². The summed E-state index contributed by atoms with van der Waals surface area (Å²) in [7, 11) is 3.87. The molecule has 2 aliphatic heterocycles. The fourth-order valence-corrected chi connectivity index (χ4v) is 5.35. The minimum absolute atomic E-state index is 0.0394. The maximum atomic E-state index is 13.5. The fraction of sp³-hybridized carbons (Fsp3) is 0.462. The van der Waals surface area contributed by atoms with Crippen LogP contribution in [-0.4, -0.2) is 62.8 Å². The molecule has 186 valence electrons. The van der Waals surface area contributed by atoms with Crippen LogP contribution >= 0.6 is 0 Å². The molecule has 2 aromatic rings. The molecule has 35 heavy (non-hydrogen) atoms. The lowest BCUT2D eigenvalue weighted by atomic mass is 9.71. The van der Waals surface area contributed by atoms with Crippen molar-refractivity contribution in [1.29, 1.82) is 5.26 Å². The number of piperidine rings is 1. The highest BCUT2D eigenvalue weighted by Crippen LogP contribution is 2.46. The number of benzene rings is 2. The first-order valence-corrected chi connectivity index (χ1v) is 11.6. The lowest BCUT2D eigenvalue weighted by molar-refractivity contribution is -0.137. The minimum atomic E-state index is -4.62. The molecule has 2 aromatic carbocycles. The molecule has 2 saturated heterocycles. The Bertz CT molecular complexity index is 1120. The van der Waals surface area contributed by atoms with Gasteiger partial charge in [-0.25, -0.2) is 0 Å². The van der Waals surface area contributed by atoms with Crippen LogP contribution in [0.25, 0.3) is 0 Å². The van der Waals surface area contributed by atoms with Crippen LogP contribution in [0, 0.1) is 22.7 Å². The number of carbonyl (C=O) groups excluding carboxylic acids is 1. The second-order valence-electron chi connectivity index (χ2n) is 9.70. The zero-order chi connectivity index (χ0) is 25.4. The fourth-order valence-electron chi connectivity index (χ4n) is 5.35. The Kier molecular flexibility index (Phi) is 6.69. The Labute approximate surface area is 203 Å². The number of rotatable bonds is 4. The molecular weight excluding hydrogens is 457 g/mol. The monoisotopic (exact) mass is 486 g/mol. The molecule has 1 amide bonds. The van der Waals surface area contributed by atoms with Gasteiger partial charge in [0.1, 0.15) is 0 Å². The van der Waals surface area contributed by atoms with Crippen molar-refractivity contribution in [3.8, 4) is 6.07 Å². The van der Waals surface area contributed by atoms with Crippen LogP contribution in [-0.2, 0) is 6.18 Å². The van der Waals surface area contributed by atoms with Crippen molar-refractivity contribution >= 4 is 17.3 Å². The lowest BCUT2D eigenvalue weighted by Gasteiger charge is -2.42. The Balaban J connectivity index is 1.48. The number of aliphatic hydroxyl groups excluding tert-OH is 1. The van der Waals surface area contributed by atoms with Gasteiger partial charge in [-0.15, -0.1) is 0 Å². The van der Waals surface area contributed by atoms with Crippen LogP contribution in [0.5, 0.6) is 0 Å². The number of hydrogen-bond donors (Lipinski definition) is 1. The smallest absolute Gasteiger partial charge is 0.396 e. The van der Waals surface area contributed by atoms with Crippen LogP contribution in [0.1, 0.15) is 34.3 Å². The Morgan fingerprint density at radius 3 is 2.37 bits per heavy atom. The van der Waals surface area contributed by atoms with Gasteiger partial charge in [0, 0.05) is 69.7 Å². The molecule has 1 unspecified atom stereocenters. The number of hydrogen-bond acceptors (Lipinski definition) is 5. The highest BCUT2D eigenvalue weighted by atomic mass is 19.4.